The van der Waals surface area contributed by atoms with Gasteiger partial charge in [-0.2, -0.15) is 0 Å². The molecule has 3 aliphatic heterocycles. The highest BCUT2D eigenvalue weighted by Gasteiger charge is 2.38. The van der Waals surface area contributed by atoms with Gasteiger partial charge in [-0.15, -0.1) is 0 Å². The number of piperazine rings is 2. The molecule has 0 unspecified atom stereocenters. The Morgan fingerprint density at radius 1 is 0.594 bits per heavy atom. The Balaban J connectivity index is 0.786. The van der Waals surface area contributed by atoms with Crippen LogP contribution >= 0.6 is 0 Å². The first-order chi connectivity index (χ1) is 33.6. The summed E-state index contributed by atoms with van der Waals surface area (Å²) in [5.41, 5.74) is 5.83. The van der Waals surface area contributed by atoms with Crippen molar-refractivity contribution in [1.29, 1.82) is 0 Å². The third-order valence-corrected chi connectivity index (χ3v) is 13.5. The molecule has 3 fully saturated rings. The van der Waals surface area contributed by atoms with Crippen LogP contribution in [0.3, 0.4) is 0 Å². The van der Waals surface area contributed by atoms with Gasteiger partial charge < -0.3 is 50.8 Å². The van der Waals surface area contributed by atoms with Crippen molar-refractivity contribution in [1.82, 2.24) is 55.7 Å². The molecule has 7 amide bonds. The second-order valence-corrected chi connectivity index (χ2v) is 18.3. The lowest BCUT2D eigenvalue weighted by Gasteiger charge is -2.34. The Kier molecular flexibility index (Phi) is 16.4. The number of hydrogen-bond acceptors (Lipinski definition) is 8. The van der Waals surface area contributed by atoms with Crippen LogP contribution in [0.1, 0.15) is 77.5 Å². The van der Waals surface area contributed by atoms with Gasteiger partial charge >= 0.3 is 12.1 Å². The number of likely N-dealkylation sites (N-methyl/N-ethyl adjacent to an activating group) is 2. The molecule has 3 atom stereocenters. The first-order valence-corrected chi connectivity index (χ1v) is 24.3. The molecule has 5 aromatic rings. The molecule has 1 aromatic heterocycles. The molecule has 0 saturated carbocycles. The topological polar surface area (TPSA) is 178 Å². The van der Waals surface area contributed by atoms with E-state index in [1.54, 1.807) is 16.0 Å². The van der Waals surface area contributed by atoms with Crippen molar-refractivity contribution >= 4 is 29.8 Å². The van der Waals surface area contributed by atoms with Crippen molar-refractivity contribution in [3.05, 3.63) is 138 Å². The normalized spacial score (nSPS) is 17.5. The molecule has 16 nitrogen and oxygen atoms in total. The van der Waals surface area contributed by atoms with E-state index in [0.29, 0.717) is 57.2 Å². The number of nitrogens with zero attached hydrogens (tertiary/aromatic N) is 6. The van der Waals surface area contributed by atoms with Crippen LogP contribution in [0, 0.1) is 0 Å². The Morgan fingerprint density at radius 2 is 1.10 bits per heavy atom. The molecule has 4 aromatic carbocycles. The predicted octanol–water partition coefficient (Wildman–Crippen LogP) is 5.82. The van der Waals surface area contributed by atoms with Crippen molar-refractivity contribution in [2.24, 2.45) is 0 Å². The van der Waals surface area contributed by atoms with E-state index in [1.807, 2.05) is 128 Å². The molecule has 0 aliphatic carbocycles. The summed E-state index contributed by atoms with van der Waals surface area (Å²) in [5.74, 6) is 0.179. The van der Waals surface area contributed by atoms with Crippen molar-refractivity contribution in [2.75, 3.05) is 86.1 Å². The molecule has 69 heavy (non-hydrogen) atoms. The van der Waals surface area contributed by atoms with Gasteiger partial charge in [-0.3, -0.25) is 14.4 Å². The quantitative estimate of drug-likeness (QED) is 0.0769. The molecular formula is C53H65N11O5. The molecule has 0 radical (unpaired) electrons. The predicted molar refractivity (Wildman–Crippen MR) is 266 cm³/mol. The first-order valence-electron chi connectivity index (χ1n) is 24.3. The molecule has 4 heterocycles. The molecular weight excluding hydrogens is 871 g/mol. The maximum Gasteiger partial charge on any atom is 0.318 e. The number of amides is 7. The summed E-state index contributed by atoms with van der Waals surface area (Å²) in [7, 11) is 4.07. The second-order valence-electron chi connectivity index (χ2n) is 18.3. The summed E-state index contributed by atoms with van der Waals surface area (Å²) in [6, 6.07) is 32.1. The van der Waals surface area contributed by atoms with Crippen LogP contribution in [0.25, 0.3) is 22.4 Å². The zero-order valence-corrected chi connectivity index (χ0v) is 39.7. The molecule has 16 heteroatoms. The maximum atomic E-state index is 14.3. The summed E-state index contributed by atoms with van der Waals surface area (Å²) < 4.78 is 0. The lowest BCUT2D eigenvalue weighted by molar-refractivity contribution is -0.134. The number of unbranched alkanes of at least 4 members (excludes halogenated alkanes) is 2. The summed E-state index contributed by atoms with van der Waals surface area (Å²) in [6.45, 7) is 7.18. The fourth-order valence-electron chi connectivity index (χ4n) is 9.16. The van der Waals surface area contributed by atoms with Crippen LogP contribution in [-0.2, 0) is 9.59 Å². The fraction of sp³-hybridized carbons (Fsp3) is 0.396. The largest absolute Gasteiger partial charge is 0.354 e. The van der Waals surface area contributed by atoms with Crippen LogP contribution in [0.15, 0.2) is 115 Å². The molecule has 8 rings (SSSR count). The highest BCUT2D eigenvalue weighted by atomic mass is 16.2. The standard InChI is InChI=1S/C53H65N11O5/c1-60-29-33-62(34-30-60)52(68)58-46(41-13-6-3-7-14-41)50(66)55-27-11-5-10-26-54-49(65)43-24-20-39(21-25-43)38-18-22-40(23-19-38)44-37-56-48(57-44)45-17-12-28-64(45)51(67)47(42-15-8-4-9-16-42)59-53(69)63-35-31-61(2)32-36-63/h3-4,6-9,13-16,18-25,37,45-47H,5,10-12,17,26-36H2,1-2H3,(H,54,65)(H,55,66)(H,56,57)(H,58,68)(H,59,69)/t45-,46+,47+/m0/s1. The minimum atomic E-state index is -0.815. The van der Waals surface area contributed by atoms with E-state index < -0.39 is 12.1 Å². The molecule has 0 bridgehead atoms. The lowest BCUT2D eigenvalue weighted by Crippen LogP contribution is -2.53. The Bertz CT molecular complexity index is 2490. The number of likely N-dealkylation sites (tertiary alicyclic amines) is 1. The van der Waals surface area contributed by atoms with E-state index in [1.165, 1.54) is 0 Å². The van der Waals surface area contributed by atoms with Crippen LogP contribution in [-0.4, -0.2) is 150 Å². The van der Waals surface area contributed by atoms with Gasteiger partial charge in [0.05, 0.1) is 17.9 Å². The molecule has 0 spiro atoms. The minimum Gasteiger partial charge on any atom is -0.354 e. The summed E-state index contributed by atoms with van der Waals surface area (Å²) in [5, 5.41) is 12.0. The number of H-pyrrole nitrogens is 1. The zero-order valence-electron chi connectivity index (χ0n) is 39.7. The summed E-state index contributed by atoms with van der Waals surface area (Å²) >= 11 is 0. The van der Waals surface area contributed by atoms with Gasteiger partial charge in [0.15, 0.2) is 0 Å². The SMILES string of the molecule is CN1CCN(C(=O)N[C@@H](C(=O)NCCCCCNC(=O)c2ccc(-c3ccc(-c4cnc([C@@H]5CCCN5C(=O)[C@H](NC(=O)N5CCN(C)CC5)c5ccccc5)[nH]4)cc3)cc2)c2ccccc2)CC1. The number of imidazole rings is 1. The number of benzene rings is 4. The Morgan fingerprint density at radius 3 is 1.68 bits per heavy atom. The number of carbonyl (C=O) groups excluding carboxylic acids is 5. The third-order valence-electron chi connectivity index (χ3n) is 13.5. The van der Waals surface area contributed by atoms with Crippen LogP contribution in [0.4, 0.5) is 9.59 Å². The molecule has 3 aliphatic rings. The minimum absolute atomic E-state index is 0.143. The van der Waals surface area contributed by atoms with Crippen molar-refractivity contribution in [2.45, 2.75) is 50.2 Å². The van der Waals surface area contributed by atoms with Gasteiger partial charge in [0.25, 0.3) is 5.91 Å². The van der Waals surface area contributed by atoms with E-state index in [9.17, 15) is 24.0 Å². The van der Waals surface area contributed by atoms with Crippen molar-refractivity contribution < 1.29 is 24.0 Å². The number of aromatic amines is 1. The fourth-order valence-corrected chi connectivity index (χ4v) is 9.16. The maximum absolute atomic E-state index is 14.3. The average Bonchev–Trinajstić information content (AvgIpc) is 4.09. The lowest BCUT2D eigenvalue weighted by atomic mass is 10.0. The number of rotatable bonds is 16. The second kappa shape index (κ2) is 23.3. The van der Waals surface area contributed by atoms with Gasteiger partial charge in [0, 0.05) is 77.6 Å². The molecule has 362 valence electrons. The van der Waals surface area contributed by atoms with E-state index >= 15 is 0 Å². The summed E-state index contributed by atoms with van der Waals surface area (Å²) in [4.78, 5) is 85.1. The van der Waals surface area contributed by atoms with Crippen LogP contribution in [0.5, 0.6) is 0 Å². The Labute approximate surface area is 404 Å². The van der Waals surface area contributed by atoms with Gasteiger partial charge in [-0.25, -0.2) is 14.6 Å². The van der Waals surface area contributed by atoms with Gasteiger partial charge in [-0.1, -0.05) is 97.1 Å². The monoisotopic (exact) mass is 936 g/mol. The average molecular weight is 936 g/mol. The van der Waals surface area contributed by atoms with Crippen LogP contribution in [0.2, 0.25) is 0 Å². The van der Waals surface area contributed by atoms with Gasteiger partial charge in [0.1, 0.15) is 17.9 Å². The molecule has 3 saturated heterocycles. The number of aromatic nitrogens is 2. The number of carbonyl (C=O) groups is 5. The van der Waals surface area contributed by atoms with Gasteiger partial charge in [0.2, 0.25) is 11.8 Å². The van der Waals surface area contributed by atoms with E-state index in [2.05, 4.69) is 36.1 Å². The Hall–Kier alpha value is -7.04. The number of urea groups is 2. The van der Waals surface area contributed by atoms with Crippen molar-refractivity contribution in [3.63, 3.8) is 0 Å². The van der Waals surface area contributed by atoms with Crippen LogP contribution < -0.4 is 21.3 Å². The first kappa shape index (κ1) is 48.4. The summed E-state index contributed by atoms with van der Waals surface area (Å²) in [6.07, 6.45) is 5.71. The van der Waals surface area contributed by atoms with E-state index in [4.69, 9.17) is 4.98 Å². The third kappa shape index (κ3) is 12.5. The van der Waals surface area contributed by atoms with Gasteiger partial charge in [-0.05, 0) is 86.1 Å². The smallest absolute Gasteiger partial charge is 0.318 e. The van der Waals surface area contributed by atoms with Crippen molar-refractivity contribution in [3.8, 4) is 22.4 Å². The molecule has 5 N–H and O–H groups in total. The highest BCUT2D eigenvalue weighted by molar-refractivity contribution is 5.94. The van der Waals surface area contributed by atoms with E-state index in [-0.39, 0.29) is 35.8 Å². The van der Waals surface area contributed by atoms with E-state index in [0.717, 1.165) is 91.8 Å². The number of hydrogen-bond donors (Lipinski definition) is 5. The highest BCUT2D eigenvalue weighted by Crippen LogP contribution is 2.34. The number of nitrogens with one attached hydrogen (secondary N) is 5. The zero-order chi connectivity index (χ0) is 48.1.